The molecular formula is C9H13NO2S. The molecule has 0 fully saturated rings. The van der Waals surface area contributed by atoms with E-state index in [0.29, 0.717) is 10.5 Å². The molecule has 0 aliphatic rings. The van der Waals surface area contributed by atoms with E-state index in [-0.39, 0.29) is 0 Å². The summed E-state index contributed by atoms with van der Waals surface area (Å²) in [5, 5.41) is 9.64. The van der Waals surface area contributed by atoms with Crippen LogP contribution in [0.25, 0.3) is 0 Å². The topological polar surface area (TPSA) is 61.1 Å². The van der Waals surface area contributed by atoms with Crippen LogP contribution in [0.15, 0.2) is 29.2 Å². The highest BCUT2D eigenvalue weighted by molar-refractivity contribution is 7.73. The molecule has 0 saturated heterocycles. The molecule has 0 bridgehead atoms. The molecular weight excluding hydrogens is 186 g/mol. The van der Waals surface area contributed by atoms with Crippen LogP contribution in [-0.2, 0) is 16.2 Å². The van der Waals surface area contributed by atoms with Crippen LogP contribution in [0.4, 0.5) is 0 Å². The van der Waals surface area contributed by atoms with Crippen molar-refractivity contribution in [2.75, 3.05) is 0 Å². The van der Waals surface area contributed by atoms with E-state index in [0.717, 1.165) is 0 Å². The highest BCUT2D eigenvalue weighted by Gasteiger charge is 2.15. The lowest BCUT2D eigenvalue weighted by molar-refractivity contribution is 0.0784. The maximum absolute atomic E-state index is 10.9. The summed E-state index contributed by atoms with van der Waals surface area (Å²) in [6.45, 7) is 3.31. The molecule has 1 unspecified atom stereocenters. The van der Waals surface area contributed by atoms with Gasteiger partial charge in [-0.1, -0.05) is 12.1 Å². The zero-order valence-corrected chi connectivity index (χ0v) is 8.51. The predicted octanol–water partition coefficient (Wildman–Crippen LogP) is 1.52. The van der Waals surface area contributed by atoms with E-state index in [1.54, 1.807) is 38.1 Å². The van der Waals surface area contributed by atoms with Crippen LogP contribution in [0.1, 0.15) is 19.4 Å². The first kappa shape index (κ1) is 10.2. The Hall–Kier alpha value is -0.870. The third kappa shape index (κ3) is 2.54. The van der Waals surface area contributed by atoms with Gasteiger partial charge in [0.1, 0.15) is 0 Å². The predicted molar refractivity (Wildman–Crippen MR) is 52.2 cm³/mol. The van der Waals surface area contributed by atoms with Gasteiger partial charge in [0.25, 0.3) is 0 Å². The Morgan fingerprint density at radius 3 is 2.54 bits per heavy atom. The number of hydrogen-bond acceptors (Lipinski definition) is 3. The molecule has 0 aliphatic carbocycles. The number of hydrogen-bond donors (Lipinski definition) is 3. The standard InChI is InChI=1S/C9H13NO2S/c1-9(2,11)7-4-3-5-8(6-7)13(10)12/h3-6,10-11,13H,1-2H3. The normalized spacial score (nSPS) is 14.1. The van der Waals surface area contributed by atoms with Crippen molar-refractivity contribution in [3.8, 4) is 0 Å². The maximum atomic E-state index is 10.9. The lowest BCUT2D eigenvalue weighted by Crippen LogP contribution is -2.15. The van der Waals surface area contributed by atoms with Crippen molar-refractivity contribution in [1.29, 1.82) is 4.78 Å². The molecule has 0 radical (unpaired) electrons. The van der Waals surface area contributed by atoms with Gasteiger partial charge in [-0.3, -0.25) is 4.78 Å². The van der Waals surface area contributed by atoms with Gasteiger partial charge in [-0.05, 0) is 31.5 Å². The second kappa shape index (κ2) is 3.47. The first-order chi connectivity index (χ1) is 5.91. The number of benzene rings is 1. The van der Waals surface area contributed by atoms with E-state index >= 15 is 0 Å². The Balaban J connectivity index is 3.21. The Morgan fingerprint density at radius 1 is 1.46 bits per heavy atom. The minimum Gasteiger partial charge on any atom is -0.386 e. The zero-order chi connectivity index (χ0) is 10.1. The van der Waals surface area contributed by atoms with E-state index in [9.17, 15) is 9.32 Å². The summed E-state index contributed by atoms with van der Waals surface area (Å²) < 4.78 is 17.9. The van der Waals surface area contributed by atoms with Gasteiger partial charge in [-0.15, -0.1) is 0 Å². The van der Waals surface area contributed by atoms with Crippen LogP contribution < -0.4 is 0 Å². The third-order valence-electron chi connectivity index (χ3n) is 1.79. The molecule has 0 amide bonds. The molecule has 1 aromatic rings. The molecule has 1 rings (SSSR count). The molecule has 1 atom stereocenters. The van der Waals surface area contributed by atoms with E-state index < -0.39 is 16.2 Å². The van der Waals surface area contributed by atoms with Crippen LogP contribution in [-0.4, -0.2) is 9.32 Å². The van der Waals surface area contributed by atoms with Gasteiger partial charge in [-0.25, -0.2) is 4.21 Å². The van der Waals surface area contributed by atoms with Crippen LogP contribution in [0.3, 0.4) is 0 Å². The summed E-state index contributed by atoms with van der Waals surface area (Å²) >= 11 is 0. The molecule has 2 N–H and O–H groups in total. The largest absolute Gasteiger partial charge is 0.386 e. The second-order valence-corrected chi connectivity index (χ2v) is 4.51. The minimum absolute atomic E-state index is 0.453. The van der Waals surface area contributed by atoms with Gasteiger partial charge >= 0.3 is 0 Å². The van der Waals surface area contributed by atoms with E-state index in [1.807, 2.05) is 0 Å². The van der Waals surface area contributed by atoms with Gasteiger partial charge in [0.15, 0.2) is 0 Å². The van der Waals surface area contributed by atoms with E-state index in [4.69, 9.17) is 4.78 Å². The molecule has 3 nitrogen and oxygen atoms in total. The molecule has 1 aromatic carbocycles. The SMILES string of the molecule is CC(C)(O)c1cccc([SH](=N)=O)c1. The summed E-state index contributed by atoms with van der Waals surface area (Å²) in [6, 6.07) is 6.68. The van der Waals surface area contributed by atoms with Crippen LogP contribution >= 0.6 is 0 Å². The van der Waals surface area contributed by atoms with E-state index in [2.05, 4.69) is 0 Å². The lowest BCUT2D eigenvalue weighted by atomic mass is 9.99. The number of rotatable bonds is 2. The van der Waals surface area contributed by atoms with Gasteiger partial charge < -0.3 is 5.11 Å². The average Bonchev–Trinajstić information content (AvgIpc) is 2.03. The number of nitrogens with one attached hydrogen (secondary N) is 1. The summed E-state index contributed by atoms with van der Waals surface area (Å²) in [7, 11) is -2.07. The van der Waals surface area contributed by atoms with E-state index in [1.165, 1.54) is 0 Å². The highest BCUT2D eigenvalue weighted by atomic mass is 32.2. The van der Waals surface area contributed by atoms with Crippen molar-refractivity contribution >= 4 is 10.6 Å². The van der Waals surface area contributed by atoms with Gasteiger partial charge in [0, 0.05) is 4.90 Å². The third-order valence-corrected chi connectivity index (χ3v) is 2.53. The van der Waals surface area contributed by atoms with Crippen LogP contribution in [0.2, 0.25) is 0 Å². The molecule has 72 valence electrons. The monoisotopic (exact) mass is 199 g/mol. The fraction of sp³-hybridized carbons (Fsp3) is 0.333. The molecule has 0 heterocycles. The van der Waals surface area contributed by atoms with Crippen LogP contribution in [0, 0.1) is 4.78 Å². The van der Waals surface area contributed by atoms with Gasteiger partial charge in [-0.2, -0.15) is 0 Å². The highest BCUT2D eigenvalue weighted by Crippen LogP contribution is 2.20. The molecule has 0 aromatic heterocycles. The summed E-state index contributed by atoms with van der Waals surface area (Å²) in [6.07, 6.45) is 0. The first-order valence-electron chi connectivity index (χ1n) is 3.92. The zero-order valence-electron chi connectivity index (χ0n) is 7.61. The second-order valence-electron chi connectivity index (χ2n) is 3.40. The number of aliphatic hydroxyl groups is 1. The average molecular weight is 199 g/mol. The minimum atomic E-state index is -2.07. The quantitative estimate of drug-likeness (QED) is 0.632. The lowest BCUT2D eigenvalue weighted by Gasteiger charge is -2.17. The summed E-state index contributed by atoms with van der Waals surface area (Å²) in [5.41, 5.74) is -0.262. The molecule has 0 spiro atoms. The fourth-order valence-corrected chi connectivity index (χ4v) is 1.49. The maximum Gasteiger partial charge on any atom is 0.0840 e. The van der Waals surface area contributed by atoms with Gasteiger partial charge in [0.05, 0.1) is 16.2 Å². The van der Waals surface area contributed by atoms with Crippen molar-refractivity contribution in [2.24, 2.45) is 0 Å². The van der Waals surface area contributed by atoms with Crippen molar-refractivity contribution in [1.82, 2.24) is 0 Å². The number of thiol groups is 1. The van der Waals surface area contributed by atoms with Crippen molar-refractivity contribution in [2.45, 2.75) is 24.3 Å². The Labute approximate surface area is 79.4 Å². The van der Waals surface area contributed by atoms with Crippen LogP contribution in [0.5, 0.6) is 0 Å². The summed E-state index contributed by atoms with van der Waals surface area (Å²) in [4.78, 5) is 0.453. The van der Waals surface area contributed by atoms with Crippen molar-refractivity contribution < 1.29 is 9.32 Å². The van der Waals surface area contributed by atoms with Crippen molar-refractivity contribution in [3.05, 3.63) is 29.8 Å². The fourth-order valence-electron chi connectivity index (χ4n) is 1.01. The smallest absolute Gasteiger partial charge is 0.0840 e. The molecule has 13 heavy (non-hydrogen) atoms. The molecule has 0 saturated carbocycles. The Bertz CT molecular complexity index is 369. The molecule has 4 heteroatoms. The Morgan fingerprint density at radius 2 is 2.08 bits per heavy atom. The van der Waals surface area contributed by atoms with Gasteiger partial charge in [0.2, 0.25) is 0 Å². The van der Waals surface area contributed by atoms with Crippen molar-refractivity contribution in [3.63, 3.8) is 0 Å². The molecule has 0 aliphatic heterocycles. The first-order valence-corrected chi connectivity index (χ1v) is 5.18. The Kier molecular flexibility index (Phi) is 2.73. The summed E-state index contributed by atoms with van der Waals surface area (Å²) in [5.74, 6) is 0.